The maximum absolute atomic E-state index is 6.30. The van der Waals surface area contributed by atoms with Crippen LogP contribution in [0.3, 0.4) is 0 Å². The highest BCUT2D eigenvalue weighted by Gasteiger charge is 2.36. The van der Waals surface area contributed by atoms with Crippen LogP contribution in [-0.2, 0) is 9.47 Å². The average Bonchev–Trinajstić information content (AvgIpc) is 3.07. The van der Waals surface area contributed by atoms with Crippen molar-refractivity contribution in [2.45, 2.75) is 30.1 Å². The fourth-order valence-corrected chi connectivity index (χ4v) is 4.40. The first-order valence-corrected chi connectivity index (χ1v) is 11.0. The Bertz CT molecular complexity index is 1010. The van der Waals surface area contributed by atoms with Crippen molar-refractivity contribution in [3.05, 3.63) is 101 Å². The molecule has 0 saturated carbocycles. The molecule has 162 valence electrons. The van der Waals surface area contributed by atoms with E-state index < -0.39 is 5.60 Å². The number of ether oxygens (including phenoxy) is 3. The molecule has 4 heteroatoms. The minimum absolute atomic E-state index is 0.142. The Morgan fingerprint density at radius 1 is 0.968 bits per heavy atom. The molecule has 1 aromatic carbocycles. The SMILES string of the molecule is COc1ccc(C2C3=C(C=CC(C)(OC)C=C3)OCC2C2=CC=CC(C)(S)C=C2)cc1. The van der Waals surface area contributed by atoms with Gasteiger partial charge in [0.1, 0.15) is 17.1 Å². The lowest BCUT2D eigenvalue weighted by Crippen LogP contribution is -2.27. The Labute approximate surface area is 190 Å². The maximum atomic E-state index is 6.30. The van der Waals surface area contributed by atoms with Crippen molar-refractivity contribution in [3.63, 3.8) is 0 Å². The summed E-state index contributed by atoms with van der Waals surface area (Å²) < 4.78 is 17.1. The molecule has 4 rings (SSSR count). The summed E-state index contributed by atoms with van der Waals surface area (Å²) in [5.74, 6) is 2.07. The molecule has 0 aromatic heterocycles. The summed E-state index contributed by atoms with van der Waals surface area (Å²) in [7, 11) is 3.42. The monoisotopic (exact) mass is 434 g/mol. The van der Waals surface area contributed by atoms with Crippen LogP contribution in [0.1, 0.15) is 25.3 Å². The number of rotatable bonds is 4. The van der Waals surface area contributed by atoms with E-state index >= 15 is 0 Å². The standard InChI is InChI=1S/C27H30O3S/c1-26(29-4)15-12-22-24(13-16-26)30-18-23(19-6-5-14-27(2,31)17-11-19)25(22)20-7-9-21(28-3)10-8-20/h5-17,23,25,31H,18H2,1-4H3. The first-order chi connectivity index (χ1) is 14.8. The Kier molecular flexibility index (Phi) is 6.05. The molecule has 1 aromatic rings. The average molecular weight is 435 g/mol. The van der Waals surface area contributed by atoms with Gasteiger partial charge in [0.15, 0.2) is 0 Å². The van der Waals surface area contributed by atoms with Crippen LogP contribution in [0.25, 0.3) is 0 Å². The summed E-state index contributed by atoms with van der Waals surface area (Å²) in [6, 6.07) is 8.37. The minimum atomic E-state index is -0.460. The van der Waals surface area contributed by atoms with Crippen LogP contribution >= 0.6 is 12.6 Å². The number of thiol groups is 1. The third-order valence-corrected chi connectivity index (χ3v) is 6.58. The fraction of sp³-hybridized carbons (Fsp3) is 0.333. The third kappa shape index (κ3) is 4.60. The molecule has 0 fully saturated rings. The smallest absolute Gasteiger partial charge is 0.122 e. The van der Waals surface area contributed by atoms with Gasteiger partial charge in [-0.05, 0) is 55.3 Å². The number of allylic oxidation sites excluding steroid dienone is 6. The number of methoxy groups -OCH3 is 2. The van der Waals surface area contributed by atoms with Crippen LogP contribution in [0, 0.1) is 5.92 Å². The summed E-state index contributed by atoms with van der Waals surface area (Å²) in [5, 5.41) is 0. The summed E-state index contributed by atoms with van der Waals surface area (Å²) in [4.78, 5) is 0. The van der Waals surface area contributed by atoms with E-state index in [0.29, 0.717) is 6.61 Å². The molecule has 0 bridgehead atoms. The summed E-state index contributed by atoms with van der Waals surface area (Å²) in [6.45, 7) is 4.74. The number of hydrogen-bond acceptors (Lipinski definition) is 4. The molecule has 1 aliphatic heterocycles. The Balaban J connectivity index is 1.80. The van der Waals surface area contributed by atoms with Gasteiger partial charge in [-0.2, -0.15) is 12.6 Å². The van der Waals surface area contributed by atoms with Gasteiger partial charge in [-0.25, -0.2) is 0 Å². The van der Waals surface area contributed by atoms with Crippen molar-refractivity contribution in [2.75, 3.05) is 20.8 Å². The Hall–Kier alpha value is -2.43. The highest BCUT2D eigenvalue weighted by atomic mass is 32.1. The molecule has 0 spiro atoms. The van der Waals surface area contributed by atoms with E-state index in [0.717, 1.165) is 17.1 Å². The van der Waals surface area contributed by atoms with Crippen LogP contribution in [-0.4, -0.2) is 31.2 Å². The van der Waals surface area contributed by atoms with Crippen molar-refractivity contribution < 1.29 is 14.2 Å². The molecule has 2 aliphatic carbocycles. The van der Waals surface area contributed by atoms with Crippen molar-refractivity contribution >= 4 is 12.6 Å². The van der Waals surface area contributed by atoms with Gasteiger partial charge in [-0.15, -0.1) is 0 Å². The highest BCUT2D eigenvalue weighted by molar-refractivity contribution is 7.82. The van der Waals surface area contributed by atoms with Crippen molar-refractivity contribution in [2.24, 2.45) is 5.92 Å². The zero-order valence-corrected chi connectivity index (χ0v) is 19.4. The molecule has 4 atom stereocenters. The molecule has 0 N–H and O–H groups in total. The van der Waals surface area contributed by atoms with Gasteiger partial charge in [0.05, 0.1) is 13.7 Å². The molecule has 0 radical (unpaired) electrons. The number of benzene rings is 1. The van der Waals surface area contributed by atoms with E-state index in [1.165, 1.54) is 11.1 Å². The zero-order valence-electron chi connectivity index (χ0n) is 18.5. The van der Waals surface area contributed by atoms with E-state index in [4.69, 9.17) is 26.8 Å². The topological polar surface area (TPSA) is 27.7 Å². The Morgan fingerprint density at radius 2 is 1.71 bits per heavy atom. The summed E-state index contributed by atoms with van der Waals surface area (Å²) >= 11 is 4.73. The maximum Gasteiger partial charge on any atom is 0.122 e. The predicted octanol–water partition coefficient (Wildman–Crippen LogP) is 5.95. The van der Waals surface area contributed by atoms with Gasteiger partial charge in [-0.1, -0.05) is 48.6 Å². The summed E-state index contributed by atoms with van der Waals surface area (Å²) in [6.07, 6.45) is 19.1. The quantitative estimate of drug-likeness (QED) is 0.593. The molecule has 0 saturated heterocycles. The minimum Gasteiger partial charge on any atom is -0.497 e. The first kappa shape index (κ1) is 21.8. The van der Waals surface area contributed by atoms with Crippen LogP contribution in [0.4, 0.5) is 0 Å². The Morgan fingerprint density at radius 3 is 2.42 bits per heavy atom. The molecule has 3 nitrogen and oxygen atoms in total. The second-order valence-corrected chi connectivity index (χ2v) is 9.59. The van der Waals surface area contributed by atoms with Crippen molar-refractivity contribution in [1.29, 1.82) is 0 Å². The fourth-order valence-electron chi connectivity index (χ4n) is 4.24. The summed E-state index contributed by atoms with van der Waals surface area (Å²) in [5.41, 5.74) is 3.17. The van der Waals surface area contributed by atoms with Gasteiger partial charge in [-0.3, -0.25) is 0 Å². The molecule has 1 heterocycles. The lowest BCUT2D eigenvalue weighted by Gasteiger charge is -2.35. The highest BCUT2D eigenvalue weighted by Crippen LogP contribution is 2.45. The third-order valence-electron chi connectivity index (χ3n) is 6.28. The van der Waals surface area contributed by atoms with E-state index in [1.54, 1.807) is 14.2 Å². The molecule has 31 heavy (non-hydrogen) atoms. The van der Waals surface area contributed by atoms with Gasteiger partial charge in [0, 0.05) is 29.3 Å². The van der Waals surface area contributed by atoms with Crippen LogP contribution in [0.2, 0.25) is 0 Å². The van der Waals surface area contributed by atoms with E-state index in [2.05, 4.69) is 67.7 Å². The number of hydrogen-bond donors (Lipinski definition) is 1. The zero-order chi connectivity index (χ0) is 22.1. The van der Waals surface area contributed by atoms with Crippen LogP contribution < -0.4 is 4.74 Å². The molecule has 0 amide bonds. The van der Waals surface area contributed by atoms with Crippen molar-refractivity contribution in [1.82, 2.24) is 0 Å². The van der Waals surface area contributed by atoms with Crippen LogP contribution in [0.5, 0.6) is 5.75 Å². The van der Waals surface area contributed by atoms with E-state index in [-0.39, 0.29) is 16.6 Å². The van der Waals surface area contributed by atoms with Gasteiger partial charge in [0.25, 0.3) is 0 Å². The van der Waals surface area contributed by atoms with E-state index in [1.807, 2.05) is 25.1 Å². The molecular formula is C27H30O3S. The predicted molar refractivity (Wildman–Crippen MR) is 130 cm³/mol. The second-order valence-electron chi connectivity index (χ2n) is 8.63. The molecule has 4 unspecified atom stereocenters. The molecular weight excluding hydrogens is 404 g/mol. The van der Waals surface area contributed by atoms with Gasteiger partial charge < -0.3 is 14.2 Å². The van der Waals surface area contributed by atoms with Crippen LogP contribution in [0.15, 0.2) is 95.9 Å². The lowest BCUT2D eigenvalue weighted by molar-refractivity contribution is 0.0905. The van der Waals surface area contributed by atoms with Gasteiger partial charge >= 0.3 is 0 Å². The van der Waals surface area contributed by atoms with E-state index in [9.17, 15) is 0 Å². The lowest BCUT2D eigenvalue weighted by atomic mass is 9.74. The van der Waals surface area contributed by atoms with Crippen molar-refractivity contribution in [3.8, 4) is 5.75 Å². The largest absolute Gasteiger partial charge is 0.497 e. The second kappa shape index (κ2) is 8.60. The molecule has 3 aliphatic rings. The van der Waals surface area contributed by atoms with Gasteiger partial charge in [0.2, 0.25) is 0 Å². The first-order valence-electron chi connectivity index (χ1n) is 10.6. The normalized spacial score (nSPS) is 32.1.